The molecule has 2 heterocycles. The van der Waals surface area contributed by atoms with E-state index in [2.05, 4.69) is 4.98 Å². The van der Waals surface area contributed by atoms with Gasteiger partial charge >= 0.3 is 0 Å². The Morgan fingerprint density at radius 2 is 1.90 bits per heavy atom. The van der Waals surface area contributed by atoms with Crippen molar-refractivity contribution in [2.24, 2.45) is 0 Å². The molecule has 1 saturated heterocycles. The summed E-state index contributed by atoms with van der Waals surface area (Å²) >= 11 is 6.03. The maximum Gasteiger partial charge on any atom is 0.243 e. The van der Waals surface area contributed by atoms with Crippen molar-refractivity contribution in [1.29, 1.82) is 0 Å². The first kappa shape index (κ1) is 14.6. The van der Waals surface area contributed by atoms with Gasteiger partial charge in [0.15, 0.2) is 0 Å². The van der Waals surface area contributed by atoms with E-state index in [1.54, 1.807) is 17.0 Å². The lowest BCUT2D eigenvalue weighted by Crippen LogP contribution is -2.53. The van der Waals surface area contributed by atoms with E-state index in [-0.39, 0.29) is 31.4 Å². The van der Waals surface area contributed by atoms with Gasteiger partial charge in [-0.2, -0.15) is 0 Å². The number of anilines is 1. The Bertz CT molecular complexity index is 535. The standard InChI is InChI=1S/C13H17ClN4O2/c1-2-5-17-7-13(20)18(8-12(17)19)6-10-9(14)3-4-11(15)16-10/h3-4H,2,5-8H2,1H3,(H2,15,16). The minimum Gasteiger partial charge on any atom is -0.384 e. The Morgan fingerprint density at radius 3 is 2.60 bits per heavy atom. The van der Waals surface area contributed by atoms with Gasteiger partial charge in [0.1, 0.15) is 12.4 Å². The smallest absolute Gasteiger partial charge is 0.243 e. The zero-order valence-corrected chi connectivity index (χ0v) is 12.1. The number of carbonyl (C=O) groups excluding carboxylic acids is 2. The SMILES string of the molecule is CCCN1CC(=O)N(Cc2nc(N)ccc2Cl)CC1=O. The molecule has 0 spiro atoms. The summed E-state index contributed by atoms with van der Waals surface area (Å²) in [5, 5.41) is 0.440. The summed E-state index contributed by atoms with van der Waals surface area (Å²) in [5.74, 6) is 0.192. The summed E-state index contributed by atoms with van der Waals surface area (Å²) in [6, 6.07) is 3.23. The van der Waals surface area contributed by atoms with E-state index in [0.717, 1.165) is 6.42 Å². The Labute approximate surface area is 122 Å². The third-order valence-corrected chi connectivity index (χ3v) is 3.48. The van der Waals surface area contributed by atoms with Crippen molar-refractivity contribution in [2.45, 2.75) is 19.9 Å². The van der Waals surface area contributed by atoms with E-state index in [0.29, 0.717) is 23.1 Å². The molecule has 0 aliphatic carbocycles. The molecular formula is C13H17ClN4O2. The van der Waals surface area contributed by atoms with Crippen LogP contribution in [-0.2, 0) is 16.1 Å². The number of pyridine rings is 1. The van der Waals surface area contributed by atoms with Gasteiger partial charge in [0, 0.05) is 6.54 Å². The Kier molecular flexibility index (Phi) is 4.44. The van der Waals surface area contributed by atoms with Crippen LogP contribution < -0.4 is 5.73 Å². The van der Waals surface area contributed by atoms with Crippen LogP contribution in [0.5, 0.6) is 0 Å². The number of nitrogen functional groups attached to an aromatic ring is 1. The number of carbonyl (C=O) groups is 2. The first-order valence-electron chi connectivity index (χ1n) is 6.47. The lowest BCUT2D eigenvalue weighted by molar-refractivity contribution is -0.150. The molecule has 0 bridgehead atoms. The molecule has 0 atom stereocenters. The van der Waals surface area contributed by atoms with E-state index in [1.807, 2.05) is 6.92 Å². The number of hydrogen-bond donors (Lipinski definition) is 1. The van der Waals surface area contributed by atoms with Crippen molar-refractivity contribution < 1.29 is 9.59 Å². The minimum atomic E-state index is -0.0988. The van der Waals surface area contributed by atoms with Gasteiger partial charge in [-0.05, 0) is 18.6 Å². The largest absolute Gasteiger partial charge is 0.384 e. The minimum absolute atomic E-state index is 0.0496. The highest BCUT2D eigenvalue weighted by Crippen LogP contribution is 2.18. The molecule has 0 saturated carbocycles. The van der Waals surface area contributed by atoms with Gasteiger partial charge in [-0.1, -0.05) is 18.5 Å². The third-order valence-electron chi connectivity index (χ3n) is 3.13. The quantitative estimate of drug-likeness (QED) is 0.895. The molecule has 1 aromatic heterocycles. The molecule has 1 aromatic rings. The monoisotopic (exact) mass is 296 g/mol. The fourth-order valence-corrected chi connectivity index (χ4v) is 2.28. The third kappa shape index (κ3) is 3.19. The summed E-state index contributed by atoms with van der Waals surface area (Å²) in [7, 11) is 0. The van der Waals surface area contributed by atoms with Crippen LogP contribution in [0.4, 0.5) is 5.82 Å². The van der Waals surface area contributed by atoms with Gasteiger partial charge in [-0.25, -0.2) is 4.98 Å². The number of nitrogens with zero attached hydrogens (tertiary/aromatic N) is 3. The second-order valence-corrected chi connectivity index (χ2v) is 5.14. The molecule has 0 aromatic carbocycles. The number of hydrogen-bond acceptors (Lipinski definition) is 4. The molecule has 2 rings (SSSR count). The van der Waals surface area contributed by atoms with Gasteiger partial charge in [0.05, 0.1) is 23.8 Å². The topological polar surface area (TPSA) is 79.5 Å². The maximum absolute atomic E-state index is 12.1. The average molecular weight is 297 g/mol. The predicted molar refractivity (Wildman–Crippen MR) is 75.9 cm³/mol. The summed E-state index contributed by atoms with van der Waals surface area (Å²) in [4.78, 5) is 31.1. The predicted octanol–water partition coefficient (Wildman–Crippen LogP) is 0.898. The van der Waals surface area contributed by atoms with Gasteiger partial charge < -0.3 is 15.5 Å². The normalized spacial score (nSPS) is 15.9. The highest BCUT2D eigenvalue weighted by Gasteiger charge is 2.29. The number of amides is 2. The summed E-state index contributed by atoms with van der Waals surface area (Å²) in [5.41, 5.74) is 6.12. The van der Waals surface area contributed by atoms with Crippen LogP contribution in [0.15, 0.2) is 12.1 Å². The van der Waals surface area contributed by atoms with Crippen LogP contribution in [0.3, 0.4) is 0 Å². The fraction of sp³-hybridized carbons (Fsp3) is 0.462. The molecule has 20 heavy (non-hydrogen) atoms. The molecule has 1 aliphatic rings. The van der Waals surface area contributed by atoms with Crippen LogP contribution in [-0.4, -0.2) is 46.2 Å². The maximum atomic E-state index is 12.1. The van der Waals surface area contributed by atoms with E-state index in [1.165, 1.54) is 4.90 Å². The Hall–Kier alpha value is -1.82. The summed E-state index contributed by atoms with van der Waals surface area (Å²) < 4.78 is 0. The van der Waals surface area contributed by atoms with Crippen LogP contribution in [0.2, 0.25) is 5.02 Å². The van der Waals surface area contributed by atoms with Gasteiger partial charge in [0.25, 0.3) is 0 Å². The molecule has 108 valence electrons. The van der Waals surface area contributed by atoms with Crippen LogP contribution in [0, 0.1) is 0 Å². The number of rotatable bonds is 4. The van der Waals surface area contributed by atoms with Crippen LogP contribution in [0.1, 0.15) is 19.0 Å². The Balaban J connectivity index is 2.09. The van der Waals surface area contributed by atoms with Crippen molar-refractivity contribution in [3.63, 3.8) is 0 Å². The highest BCUT2D eigenvalue weighted by molar-refractivity contribution is 6.31. The first-order chi connectivity index (χ1) is 9.51. The lowest BCUT2D eigenvalue weighted by Gasteiger charge is -2.33. The molecular weight excluding hydrogens is 280 g/mol. The van der Waals surface area contributed by atoms with Gasteiger partial charge in [-0.3, -0.25) is 9.59 Å². The lowest BCUT2D eigenvalue weighted by atomic mass is 10.2. The molecule has 2 amide bonds. The van der Waals surface area contributed by atoms with E-state index >= 15 is 0 Å². The Morgan fingerprint density at radius 1 is 1.25 bits per heavy atom. The zero-order chi connectivity index (χ0) is 14.7. The van der Waals surface area contributed by atoms with Crippen LogP contribution >= 0.6 is 11.6 Å². The molecule has 7 heteroatoms. The van der Waals surface area contributed by atoms with E-state index in [9.17, 15) is 9.59 Å². The van der Waals surface area contributed by atoms with E-state index < -0.39 is 0 Å². The molecule has 0 radical (unpaired) electrons. The molecule has 1 fully saturated rings. The fourth-order valence-electron chi connectivity index (χ4n) is 2.11. The zero-order valence-electron chi connectivity index (χ0n) is 11.3. The van der Waals surface area contributed by atoms with Gasteiger partial charge in [0.2, 0.25) is 11.8 Å². The summed E-state index contributed by atoms with van der Waals surface area (Å²) in [6.07, 6.45) is 0.835. The molecule has 6 nitrogen and oxygen atoms in total. The number of aromatic nitrogens is 1. The van der Waals surface area contributed by atoms with Gasteiger partial charge in [-0.15, -0.1) is 0 Å². The van der Waals surface area contributed by atoms with Crippen molar-refractivity contribution in [2.75, 3.05) is 25.4 Å². The van der Waals surface area contributed by atoms with Crippen LogP contribution in [0.25, 0.3) is 0 Å². The van der Waals surface area contributed by atoms with Crippen molar-refractivity contribution in [3.05, 3.63) is 22.8 Å². The van der Waals surface area contributed by atoms with Crippen molar-refractivity contribution in [3.8, 4) is 0 Å². The first-order valence-corrected chi connectivity index (χ1v) is 6.85. The molecule has 0 unspecified atom stereocenters. The number of nitrogens with two attached hydrogens (primary N) is 1. The second-order valence-electron chi connectivity index (χ2n) is 4.73. The summed E-state index contributed by atoms with van der Waals surface area (Å²) in [6.45, 7) is 2.96. The van der Waals surface area contributed by atoms with Crippen molar-refractivity contribution in [1.82, 2.24) is 14.8 Å². The highest BCUT2D eigenvalue weighted by atomic mass is 35.5. The number of halogens is 1. The van der Waals surface area contributed by atoms with E-state index in [4.69, 9.17) is 17.3 Å². The average Bonchev–Trinajstić information content (AvgIpc) is 2.40. The van der Waals surface area contributed by atoms with Crippen molar-refractivity contribution >= 4 is 29.2 Å². The number of piperazine rings is 1. The molecule has 1 aliphatic heterocycles. The second kappa shape index (κ2) is 6.09. The molecule has 2 N–H and O–H groups in total.